The second-order valence-corrected chi connectivity index (χ2v) is 12.7. The average Bonchev–Trinajstić information content (AvgIpc) is 3.35. The fraction of sp³-hybridized carbons (Fsp3) is 0.562. The molecule has 2 fully saturated rings. The maximum Gasteiger partial charge on any atom is 0.411 e. The number of amides is 1. The second-order valence-electron chi connectivity index (χ2n) is 12.3. The first-order valence-corrected chi connectivity index (χ1v) is 14.9. The first-order valence-electron chi connectivity index (χ1n) is 14.5. The summed E-state index contributed by atoms with van der Waals surface area (Å²) in [5.74, 6) is -0.507. The van der Waals surface area contributed by atoms with Gasteiger partial charge in [-0.2, -0.15) is 0 Å². The molecule has 0 spiro atoms. The standard InChI is InChI=1S/C32H41ClF2N2O5/c1-32(2,3)42-31(39)37-18-25(16-28(37)30(38)40-5)41-24-13-22(29(33)27(35)15-24)12-19-6-8-20(9-7-19)26-14-23(34)11-10-21(26)17-36-4/h10-11,13-15,19-20,25,28,36H,6-9,12,16-18H2,1-5H3/t19?,20?,25-,28-/m0/s1. The van der Waals surface area contributed by atoms with E-state index in [-0.39, 0.29) is 35.5 Å². The summed E-state index contributed by atoms with van der Waals surface area (Å²) >= 11 is 6.40. The van der Waals surface area contributed by atoms with Crippen molar-refractivity contribution in [2.24, 2.45) is 5.92 Å². The average molecular weight is 607 g/mol. The van der Waals surface area contributed by atoms with Gasteiger partial charge in [-0.15, -0.1) is 0 Å². The molecule has 230 valence electrons. The monoisotopic (exact) mass is 606 g/mol. The minimum Gasteiger partial charge on any atom is -0.488 e. The zero-order valence-electron chi connectivity index (χ0n) is 25.0. The highest BCUT2D eigenvalue weighted by Gasteiger charge is 2.43. The van der Waals surface area contributed by atoms with Gasteiger partial charge in [0.15, 0.2) is 0 Å². The van der Waals surface area contributed by atoms with E-state index in [1.165, 1.54) is 24.1 Å². The molecule has 0 radical (unpaired) electrons. The van der Waals surface area contributed by atoms with Gasteiger partial charge in [-0.05, 0) is 107 Å². The Kier molecular flexibility index (Phi) is 10.4. The summed E-state index contributed by atoms with van der Waals surface area (Å²) in [6, 6.07) is 7.13. The number of halogens is 3. The summed E-state index contributed by atoms with van der Waals surface area (Å²) in [5, 5.41) is 3.23. The smallest absolute Gasteiger partial charge is 0.411 e. The van der Waals surface area contributed by atoms with Crippen LogP contribution < -0.4 is 10.1 Å². The van der Waals surface area contributed by atoms with Gasteiger partial charge >= 0.3 is 12.1 Å². The van der Waals surface area contributed by atoms with Crippen LogP contribution in [0, 0.1) is 17.6 Å². The van der Waals surface area contributed by atoms with Crippen LogP contribution in [-0.2, 0) is 27.2 Å². The number of benzene rings is 2. The van der Waals surface area contributed by atoms with Gasteiger partial charge < -0.3 is 19.5 Å². The Balaban J connectivity index is 1.42. The third-order valence-electron chi connectivity index (χ3n) is 8.01. The summed E-state index contributed by atoms with van der Waals surface area (Å²) in [4.78, 5) is 26.5. The molecule has 0 unspecified atom stereocenters. The van der Waals surface area contributed by atoms with Crippen molar-refractivity contribution in [2.45, 2.75) is 89.5 Å². The topological polar surface area (TPSA) is 77.1 Å². The van der Waals surface area contributed by atoms with Crippen molar-refractivity contribution in [3.05, 3.63) is 63.7 Å². The lowest BCUT2D eigenvalue weighted by molar-refractivity contribution is -0.145. The molecule has 0 aromatic heterocycles. The lowest BCUT2D eigenvalue weighted by Gasteiger charge is -2.30. The zero-order chi connectivity index (χ0) is 30.6. The molecule has 7 nitrogen and oxygen atoms in total. The Morgan fingerprint density at radius 1 is 1.07 bits per heavy atom. The van der Waals surface area contributed by atoms with Crippen LogP contribution in [0.4, 0.5) is 13.6 Å². The molecule has 1 saturated heterocycles. The number of hydrogen-bond donors (Lipinski definition) is 1. The van der Waals surface area contributed by atoms with Crippen molar-refractivity contribution < 1.29 is 32.6 Å². The minimum absolute atomic E-state index is 0.0696. The highest BCUT2D eigenvalue weighted by atomic mass is 35.5. The minimum atomic E-state index is -0.867. The molecule has 1 amide bonds. The highest BCUT2D eigenvalue weighted by Crippen LogP contribution is 2.40. The number of methoxy groups -OCH3 is 1. The van der Waals surface area contributed by atoms with E-state index in [0.29, 0.717) is 24.4 Å². The Labute approximate surface area is 251 Å². The van der Waals surface area contributed by atoms with Gasteiger partial charge in [0.1, 0.15) is 35.1 Å². The molecular weight excluding hydrogens is 566 g/mol. The molecule has 2 aromatic rings. The highest BCUT2D eigenvalue weighted by molar-refractivity contribution is 6.31. The Hall–Kier alpha value is -2.91. The zero-order valence-corrected chi connectivity index (χ0v) is 25.7. The molecule has 1 aliphatic carbocycles. The number of carbonyl (C=O) groups is 2. The van der Waals surface area contributed by atoms with E-state index >= 15 is 0 Å². The summed E-state index contributed by atoms with van der Waals surface area (Å²) in [6.45, 7) is 6.02. The third-order valence-corrected chi connectivity index (χ3v) is 8.44. The van der Waals surface area contributed by atoms with Crippen LogP contribution in [0.1, 0.15) is 75.5 Å². The molecule has 0 bridgehead atoms. The number of rotatable bonds is 8. The van der Waals surface area contributed by atoms with Crippen LogP contribution >= 0.6 is 11.6 Å². The van der Waals surface area contributed by atoms with Crippen molar-refractivity contribution in [3.8, 4) is 5.75 Å². The van der Waals surface area contributed by atoms with Crippen LogP contribution in [0.25, 0.3) is 0 Å². The van der Waals surface area contributed by atoms with Gasteiger partial charge in [0.05, 0.1) is 18.7 Å². The van der Waals surface area contributed by atoms with E-state index in [9.17, 15) is 18.4 Å². The predicted octanol–water partition coefficient (Wildman–Crippen LogP) is 6.78. The number of nitrogens with zero attached hydrogens (tertiary/aromatic N) is 1. The van der Waals surface area contributed by atoms with E-state index in [0.717, 1.165) is 36.8 Å². The van der Waals surface area contributed by atoms with E-state index in [4.69, 9.17) is 25.8 Å². The maximum atomic E-state index is 14.9. The first-order chi connectivity index (χ1) is 19.9. The molecule has 4 rings (SSSR count). The van der Waals surface area contributed by atoms with Crippen molar-refractivity contribution in [1.29, 1.82) is 0 Å². The molecule has 2 aliphatic rings. The third kappa shape index (κ3) is 7.92. The molecule has 42 heavy (non-hydrogen) atoms. The molecule has 1 saturated carbocycles. The van der Waals surface area contributed by atoms with Crippen molar-refractivity contribution in [1.82, 2.24) is 10.2 Å². The van der Waals surface area contributed by atoms with Gasteiger partial charge in [-0.25, -0.2) is 18.4 Å². The predicted molar refractivity (Wildman–Crippen MR) is 157 cm³/mol. The number of carbonyl (C=O) groups excluding carboxylic acids is 2. The maximum absolute atomic E-state index is 14.9. The Morgan fingerprint density at radius 3 is 2.43 bits per heavy atom. The Morgan fingerprint density at radius 2 is 1.79 bits per heavy atom. The van der Waals surface area contributed by atoms with Gasteiger partial charge in [-0.1, -0.05) is 17.7 Å². The normalized spacial score (nSPS) is 22.6. The molecule has 1 N–H and O–H groups in total. The number of likely N-dealkylation sites (tertiary alicyclic amines) is 1. The second kappa shape index (κ2) is 13.6. The lowest BCUT2D eigenvalue weighted by Crippen LogP contribution is -2.44. The van der Waals surface area contributed by atoms with E-state index in [1.807, 2.05) is 13.1 Å². The van der Waals surface area contributed by atoms with Crippen molar-refractivity contribution in [2.75, 3.05) is 20.7 Å². The summed E-state index contributed by atoms with van der Waals surface area (Å²) < 4.78 is 45.5. The number of ether oxygens (including phenoxy) is 3. The summed E-state index contributed by atoms with van der Waals surface area (Å²) in [6.07, 6.45) is 3.23. The largest absolute Gasteiger partial charge is 0.488 e. The van der Waals surface area contributed by atoms with Crippen LogP contribution in [0.5, 0.6) is 5.75 Å². The fourth-order valence-corrected chi connectivity index (χ4v) is 6.26. The van der Waals surface area contributed by atoms with E-state index in [1.54, 1.807) is 32.9 Å². The molecule has 2 aromatic carbocycles. The van der Waals surface area contributed by atoms with Crippen LogP contribution in [-0.4, -0.2) is 55.4 Å². The molecular formula is C32H41ClF2N2O5. The quantitative estimate of drug-likeness (QED) is 0.334. The van der Waals surface area contributed by atoms with Crippen molar-refractivity contribution >= 4 is 23.7 Å². The number of nitrogens with one attached hydrogen (secondary N) is 1. The molecule has 1 aliphatic heterocycles. The van der Waals surface area contributed by atoms with Gasteiger partial charge in [-0.3, -0.25) is 4.90 Å². The first kappa shape index (κ1) is 32.0. The molecule has 2 atom stereocenters. The fourth-order valence-electron chi connectivity index (χ4n) is 6.08. The molecule has 10 heteroatoms. The van der Waals surface area contributed by atoms with E-state index < -0.39 is 35.6 Å². The number of hydrogen-bond acceptors (Lipinski definition) is 6. The Bertz CT molecular complexity index is 1280. The lowest BCUT2D eigenvalue weighted by atomic mass is 9.75. The molecule has 1 heterocycles. The SMILES string of the molecule is CNCc1ccc(F)cc1C1CCC(Cc2cc(O[C@H]3C[C@@H](C(=O)OC)N(C(=O)OC(C)(C)C)C3)cc(F)c2Cl)CC1. The van der Waals surface area contributed by atoms with E-state index in [2.05, 4.69) is 5.32 Å². The van der Waals surface area contributed by atoms with Crippen molar-refractivity contribution in [3.63, 3.8) is 0 Å². The van der Waals surface area contributed by atoms with Crippen LogP contribution in [0.15, 0.2) is 30.3 Å². The van der Waals surface area contributed by atoms with Crippen LogP contribution in [0.3, 0.4) is 0 Å². The van der Waals surface area contributed by atoms with Gasteiger partial charge in [0, 0.05) is 19.0 Å². The van der Waals surface area contributed by atoms with Crippen LogP contribution in [0.2, 0.25) is 5.02 Å². The summed E-state index contributed by atoms with van der Waals surface area (Å²) in [7, 11) is 3.14. The van der Waals surface area contributed by atoms with Gasteiger partial charge in [0.25, 0.3) is 0 Å². The number of esters is 1. The van der Waals surface area contributed by atoms with Gasteiger partial charge in [0.2, 0.25) is 0 Å². The summed E-state index contributed by atoms with van der Waals surface area (Å²) in [5.41, 5.74) is 2.09.